The summed E-state index contributed by atoms with van der Waals surface area (Å²) < 4.78 is 31.3. The van der Waals surface area contributed by atoms with Gasteiger partial charge in [0.2, 0.25) is 0 Å². The summed E-state index contributed by atoms with van der Waals surface area (Å²) in [5.74, 6) is 0.0772. The molecular formula is C10H9F2NOS. The van der Waals surface area contributed by atoms with Crippen LogP contribution in [0.5, 0.6) is 0 Å². The van der Waals surface area contributed by atoms with Crippen molar-refractivity contribution in [3.05, 3.63) is 35.4 Å². The molecule has 0 aliphatic carbocycles. The highest BCUT2D eigenvalue weighted by molar-refractivity contribution is 8.08. The van der Waals surface area contributed by atoms with Crippen LogP contribution < -0.4 is 0 Å². The van der Waals surface area contributed by atoms with Crippen molar-refractivity contribution >= 4 is 16.7 Å². The Kier molecular flexibility index (Phi) is 2.90. The number of hydrogen-bond donors (Lipinski definition) is 0. The van der Waals surface area contributed by atoms with E-state index >= 15 is 0 Å². The van der Waals surface area contributed by atoms with Gasteiger partial charge in [0.25, 0.3) is 0 Å². The molecule has 0 aromatic carbocycles. The Bertz CT molecular complexity index is 420. The number of hydrogen-bond acceptors (Lipinski definition) is 3. The van der Waals surface area contributed by atoms with Crippen LogP contribution in [0.15, 0.2) is 18.0 Å². The fourth-order valence-corrected chi connectivity index (χ4v) is 2.24. The third-order valence-electron chi connectivity index (χ3n) is 1.99. The van der Waals surface area contributed by atoms with E-state index in [2.05, 4.69) is 4.98 Å². The minimum atomic E-state index is -0.670. The lowest BCUT2D eigenvalue weighted by Gasteiger charge is -2.17. The van der Waals surface area contributed by atoms with E-state index in [-0.39, 0.29) is 5.69 Å². The first-order chi connectivity index (χ1) is 7.18. The monoisotopic (exact) mass is 229 g/mol. The Hall–Kier alpha value is -1.10. The molecule has 2 rings (SSSR count). The average molecular weight is 229 g/mol. The number of allylic oxidation sites excluding steroid dienone is 1. The lowest BCUT2D eigenvalue weighted by molar-refractivity contribution is 0.234. The highest BCUT2D eigenvalue weighted by Gasteiger charge is 2.18. The van der Waals surface area contributed by atoms with Gasteiger partial charge in [-0.25, -0.2) is 13.8 Å². The van der Waals surface area contributed by atoms with Gasteiger partial charge in [0.05, 0.1) is 17.7 Å². The van der Waals surface area contributed by atoms with Crippen molar-refractivity contribution in [2.75, 3.05) is 12.4 Å². The van der Waals surface area contributed by atoms with Crippen molar-refractivity contribution in [1.29, 1.82) is 0 Å². The highest BCUT2D eigenvalue weighted by Crippen LogP contribution is 2.34. The van der Waals surface area contributed by atoms with Crippen molar-refractivity contribution in [2.24, 2.45) is 0 Å². The molecule has 0 radical (unpaired) electrons. The van der Waals surface area contributed by atoms with Crippen LogP contribution >= 0.6 is 11.8 Å². The van der Waals surface area contributed by atoms with E-state index in [4.69, 9.17) is 4.74 Å². The molecular weight excluding hydrogens is 220 g/mol. The third kappa shape index (κ3) is 2.12. The second kappa shape index (κ2) is 4.18. The zero-order valence-electron chi connectivity index (χ0n) is 8.09. The van der Waals surface area contributed by atoms with E-state index in [9.17, 15) is 8.78 Å². The van der Waals surface area contributed by atoms with Gasteiger partial charge in [0.15, 0.2) is 5.82 Å². The molecule has 2 nitrogen and oxygen atoms in total. The van der Waals surface area contributed by atoms with Gasteiger partial charge in [0.1, 0.15) is 17.3 Å². The van der Waals surface area contributed by atoms with Gasteiger partial charge < -0.3 is 4.74 Å². The van der Waals surface area contributed by atoms with Gasteiger partial charge in [-0.05, 0) is 6.92 Å². The van der Waals surface area contributed by atoms with E-state index in [0.717, 1.165) is 18.0 Å². The maximum atomic E-state index is 13.4. The van der Waals surface area contributed by atoms with Gasteiger partial charge >= 0.3 is 0 Å². The highest BCUT2D eigenvalue weighted by atomic mass is 32.2. The fourth-order valence-electron chi connectivity index (χ4n) is 1.32. The SMILES string of the molecule is CC1=C(c2ncc(F)cc2F)SCCO1. The zero-order valence-corrected chi connectivity index (χ0v) is 8.91. The lowest BCUT2D eigenvalue weighted by atomic mass is 10.3. The number of ether oxygens (including phenoxy) is 1. The number of thioether (sulfide) groups is 1. The smallest absolute Gasteiger partial charge is 0.153 e. The van der Waals surface area contributed by atoms with Crippen LogP contribution in [-0.4, -0.2) is 17.3 Å². The summed E-state index contributed by atoms with van der Waals surface area (Å²) in [6, 6.07) is 0.831. The molecule has 0 unspecified atom stereocenters. The number of pyridine rings is 1. The zero-order chi connectivity index (χ0) is 10.8. The predicted molar refractivity (Wildman–Crippen MR) is 55.2 cm³/mol. The van der Waals surface area contributed by atoms with Crippen molar-refractivity contribution in [1.82, 2.24) is 4.98 Å². The van der Waals surface area contributed by atoms with E-state index in [1.807, 2.05) is 0 Å². The minimum absolute atomic E-state index is 0.165. The maximum absolute atomic E-state index is 13.4. The van der Waals surface area contributed by atoms with E-state index in [0.29, 0.717) is 17.3 Å². The average Bonchev–Trinajstić information content (AvgIpc) is 2.20. The lowest BCUT2D eigenvalue weighted by Crippen LogP contribution is -2.06. The van der Waals surface area contributed by atoms with Crippen LogP contribution in [0.4, 0.5) is 8.78 Å². The second-order valence-electron chi connectivity index (χ2n) is 3.07. The minimum Gasteiger partial charge on any atom is -0.496 e. The molecule has 0 atom stereocenters. The van der Waals surface area contributed by atoms with Crippen LogP contribution in [-0.2, 0) is 4.74 Å². The molecule has 80 valence electrons. The largest absolute Gasteiger partial charge is 0.496 e. The van der Waals surface area contributed by atoms with Gasteiger partial charge in [-0.1, -0.05) is 0 Å². The standard InChI is InChI=1S/C10H9F2NOS/c1-6-10(15-3-2-14-6)9-8(12)4-7(11)5-13-9/h4-5H,2-3H2,1H3. The van der Waals surface area contributed by atoms with Crippen molar-refractivity contribution in [2.45, 2.75) is 6.92 Å². The number of nitrogens with zero attached hydrogens (tertiary/aromatic N) is 1. The Balaban J connectivity index is 2.44. The predicted octanol–water partition coefficient (Wildman–Crippen LogP) is 2.81. The number of halogens is 2. The topological polar surface area (TPSA) is 22.1 Å². The van der Waals surface area contributed by atoms with E-state index in [1.165, 1.54) is 11.8 Å². The van der Waals surface area contributed by atoms with Crippen molar-refractivity contribution in [3.8, 4) is 0 Å². The Morgan fingerprint density at radius 1 is 1.47 bits per heavy atom. The van der Waals surface area contributed by atoms with Crippen LogP contribution in [0.2, 0.25) is 0 Å². The summed E-state index contributed by atoms with van der Waals surface area (Å²) in [7, 11) is 0. The molecule has 0 spiro atoms. The third-order valence-corrected chi connectivity index (χ3v) is 3.13. The fraction of sp³-hybridized carbons (Fsp3) is 0.300. The first-order valence-electron chi connectivity index (χ1n) is 4.46. The Labute approximate surface area is 90.3 Å². The molecule has 0 fully saturated rings. The van der Waals surface area contributed by atoms with Crippen molar-refractivity contribution < 1.29 is 13.5 Å². The molecule has 5 heteroatoms. The summed E-state index contributed by atoms with van der Waals surface area (Å²) >= 11 is 1.47. The van der Waals surface area contributed by atoms with Gasteiger partial charge in [-0.15, -0.1) is 11.8 Å². The quantitative estimate of drug-likeness (QED) is 0.739. The van der Waals surface area contributed by atoms with Crippen LogP contribution in [0.3, 0.4) is 0 Å². The molecule has 0 saturated carbocycles. The molecule has 0 amide bonds. The van der Waals surface area contributed by atoms with Crippen molar-refractivity contribution in [3.63, 3.8) is 0 Å². The Morgan fingerprint density at radius 3 is 2.93 bits per heavy atom. The first-order valence-corrected chi connectivity index (χ1v) is 5.45. The van der Waals surface area contributed by atoms with Gasteiger partial charge in [-0.2, -0.15) is 0 Å². The summed E-state index contributed by atoms with van der Waals surface area (Å²) in [4.78, 5) is 4.39. The molecule has 0 saturated heterocycles. The number of aromatic nitrogens is 1. The maximum Gasteiger partial charge on any atom is 0.153 e. The van der Waals surface area contributed by atoms with Gasteiger partial charge in [-0.3, -0.25) is 0 Å². The summed E-state index contributed by atoms with van der Waals surface area (Å²) in [6.45, 7) is 2.37. The summed E-state index contributed by atoms with van der Waals surface area (Å²) in [5.41, 5.74) is 0.165. The first kappa shape index (κ1) is 10.4. The normalized spacial score (nSPS) is 16.5. The molecule has 2 heterocycles. The summed E-state index contributed by atoms with van der Waals surface area (Å²) in [6.07, 6.45) is 1.01. The summed E-state index contributed by atoms with van der Waals surface area (Å²) in [5, 5.41) is 0. The Morgan fingerprint density at radius 2 is 2.27 bits per heavy atom. The molecule has 1 aliphatic heterocycles. The molecule has 15 heavy (non-hydrogen) atoms. The molecule has 0 N–H and O–H groups in total. The molecule has 0 bridgehead atoms. The molecule has 1 aromatic heterocycles. The van der Waals surface area contributed by atoms with Crippen LogP contribution in [0, 0.1) is 11.6 Å². The molecule has 1 aliphatic rings. The molecule has 1 aromatic rings. The van der Waals surface area contributed by atoms with E-state index in [1.54, 1.807) is 6.92 Å². The second-order valence-corrected chi connectivity index (χ2v) is 4.17. The van der Waals surface area contributed by atoms with Crippen LogP contribution in [0.1, 0.15) is 12.6 Å². The number of rotatable bonds is 1. The van der Waals surface area contributed by atoms with E-state index < -0.39 is 11.6 Å². The van der Waals surface area contributed by atoms with Gasteiger partial charge in [0, 0.05) is 11.8 Å². The van der Waals surface area contributed by atoms with Crippen LogP contribution in [0.25, 0.3) is 4.91 Å².